The molecule has 4 aromatic rings. The number of ether oxygens (including phenoxy) is 1. The molecule has 1 aromatic carbocycles. The Balaban J connectivity index is 1.45. The minimum atomic E-state index is -0.376. The highest BCUT2D eigenvalue weighted by Crippen LogP contribution is 2.34. The van der Waals surface area contributed by atoms with E-state index in [2.05, 4.69) is 28.9 Å². The van der Waals surface area contributed by atoms with Gasteiger partial charge in [0.25, 0.3) is 5.56 Å². The van der Waals surface area contributed by atoms with Gasteiger partial charge in [-0.25, -0.2) is 9.37 Å². The number of halogens is 1. The number of pyridine rings is 2. The maximum absolute atomic E-state index is 14.6. The first-order valence-electron chi connectivity index (χ1n) is 10.8. The van der Waals surface area contributed by atoms with Crippen LogP contribution in [0, 0.1) is 5.82 Å². The molecule has 0 N–H and O–H groups in total. The van der Waals surface area contributed by atoms with Crippen molar-refractivity contribution in [2.24, 2.45) is 0 Å². The molecule has 4 heterocycles. The van der Waals surface area contributed by atoms with Gasteiger partial charge in [0.05, 0.1) is 19.0 Å². The zero-order valence-electron chi connectivity index (χ0n) is 18.8. The number of likely N-dealkylation sites (N-methyl/N-ethyl adjacent to an activating group) is 1. The molecule has 1 aliphatic rings. The fourth-order valence-corrected chi connectivity index (χ4v) is 5.38. The summed E-state index contributed by atoms with van der Waals surface area (Å²) in [5, 5.41) is 0.794. The van der Waals surface area contributed by atoms with Gasteiger partial charge in [-0.1, -0.05) is 0 Å². The second-order valence-electron chi connectivity index (χ2n) is 8.46. The monoisotopic (exact) mass is 464 g/mol. The van der Waals surface area contributed by atoms with E-state index in [1.54, 1.807) is 29.1 Å². The van der Waals surface area contributed by atoms with Gasteiger partial charge >= 0.3 is 0 Å². The molecule has 0 aliphatic carbocycles. The number of methoxy groups -OCH3 is 1. The number of thiophene rings is 1. The molecule has 0 radical (unpaired) electrons. The molecule has 170 valence electrons. The Bertz CT molecular complexity index is 1360. The number of benzene rings is 1. The highest BCUT2D eigenvalue weighted by Gasteiger charge is 2.24. The van der Waals surface area contributed by atoms with Crippen molar-refractivity contribution in [2.75, 3.05) is 39.2 Å². The van der Waals surface area contributed by atoms with E-state index < -0.39 is 0 Å². The van der Waals surface area contributed by atoms with E-state index in [1.165, 1.54) is 24.5 Å². The summed E-state index contributed by atoms with van der Waals surface area (Å²) in [6.07, 6.45) is 4.60. The minimum absolute atomic E-state index is 0.138. The summed E-state index contributed by atoms with van der Waals surface area (Å²) in [4.78, 5) is 23.1. The number of hydrogen-bond donors (Lipinski definition) is 0. The minimum Gasteiger partial charge on any atom is -0.497 e. The van der Waals surface area contributed by atoms with Crippen LogP contribution in [0.4, 0.5) is 10.2 Å². The molecular weight excluding hydrogens is 439 g/mol. The van der Waals surface area contributed by atoms with Crippen molar-refractivity contribution in [1.82, 2.24) is 14.5 Å². The zero-order valence-corrected chi connectivity index (χ0v) is 19.6. The number of fused-ring (bicyclic) bond motifs is 1. The molecule has 33 heavy (non-hydrogen) atoms. The molecule has 1 saturated heterocycles. The Morgan fingerprint density at radius 3 is 2.70 bits per heavy atom. The Morgan fingerprint density at radius 1 is 1.18 bits per heavy atom. The molecule has 0 bridgehead atoms. The predicted octanol–water partition coefficient (Wildman–Crippen LogP) is 4.40. The number of hydrogen-bond acceptors (Lipinski definition) is 6. The van der Waals surface area contributed by atoms with Crippen LogP contribution in [0.5, 0.6) is 5.75 Å². The van der Waals surface area contributed by atoms with Crippen LogP contribution in [0.25, 0.3) is 26.2 Å². The third-order valence-electron chi connectivity index (χ3n) is 6.25. The summed E-state index contributed by atoms with van der Waals surface area (Å²) in [5.41, 5.74) is 1.02. The van der Waals surface area contributed by atoms with Crippen molar-refractivity contribution in [3.8, 4) is 21.9 Å². The molecule has 1 aliphatic heterocycles. The number of nitrogens with zero attached hydrogens (tertiary/aromatic N) is 4. The lowest BCUT2D eigenvalue weighted by Crippen LogP contribution is -2.31. The third-order valence-corrected chi connectivity index (χ3v) is 7.42. The van der Waals surface area contributed by atoms with Crippen LogP contribution >= 0.6 is 11.3 Å². The molecule has 1 fully saturated rings. The molecule has 8 heteroatoms. The summed E-state index contributed by atoms with van der Waals surface area (Å²) in [6, 6.07) is 12.9. The van der Waals surface area contributed by atoms with Crippen LogP contribution < -0.4 is 15.2 Å². The normalized spacial score (nSPS) is 16.2. The fourth-order valence-electron chi connectivity index (χ4n) is 4.27. The smallest absolute Gasteiger partial charge is 0.273 e. The van der Waals surface area contributed by atoms with Crippen LogP contribution in [0.2, 0.25) is 0 Å². The molecule has 1 atom stereocenters. The highest BCUT2D eigenvalue weighted by molar-refractivity contribution is 7.22. The molecule has 0 saturated carbocycles. The molecule has 6 nitrogen and oxygen atoms in total. The maximum Gasteiger partial charge on any atom is 0.273 e. The average molecular weight is 465 g/mol. The summed E-state index contributed by atoms with van der Waals surface area (Å²) < 4.78 is 21.8. The molecule has 0 amide bonds. The van der Waals surface area contributed by atoms with Gasteiger partial charge in [-0.3, -0.25) is 9.36 Å². The third kappa shape index (κ3) is 4.00. The van der Waals surface area contributed by atoms with Gasteiger partial charge in [0.15, 0.2) is 0 Å². The van der Waals surface area contributed by atoms with Crippen molar-refractivity contribution in [1.29, 1.82) is 0 Å². The lowest BCUT2D eigenvalue weighted by atomic mass is 10.1. The van der Waals surface area contributed by atoms with Gasteiger partial charge in [-0.2, -0.15) is 0 Å². The Kier molecular flexibility index (Phi) is 5.64. The zero-order chi connectivity index (χ0) is 23.1. The van der Waals surface area contributed by atoms with Gasteiger partial charge in [0.2, 0.25) is 0 Å². The van der Waals surface area contributed by atoms with Gasteiger partial charge in [0, 0.05) is 47.2 Å². The SMILES string of the molecule is COc1ccc(-c2cc3ccn(-c4ccc(N5CCC(N(C)C)C5)nc4)c(=O)c3s2)c(F)c1. The largest absolute Gasteiger partial charge is 0.497 e. The van der Waals surface area contributed by atoms with E-state index >= 15 is 0 Å². The Labute approximate surface area is 195 Å². The summed E-state index contributed by atoms with van der Waals surface area (Å²) in [6.45, 7) is 1.92. The Hall–Kier alpha value is -3.23. The van der Waals surface area contributed by atoms with Crippen molar-refractivity contribution >= 4 is 27.2 Å². The molecule has 1 unspecified atom stereocenters. The van der Waals surface area contributed by atoms with Crippen molar-refractivity contribution in [3.05, 3.63) is 71.0 Å². The van der Waals surface area contributed by atoms with Gasteiger partial charge in [-0.05, 0) is 56.9 Å². The first-order chi connectivity index (χ1) is 15.9. The van der Waals surface area contributed by atoms with Gasteiger partial charge < -0.3 is 14.5 Å². The lowest BCUT2D eigenvalue weighted by molar-refractivity contribution is 0.315. The Morgan fingerprint density at radius 2 is 2.03 bits per heavy atom. The van der Waals surface area contributed by atoms with Crippen molar-refractivity contribution in [2.45, 2.75) is 12.5 Å². The standard InChI is InChI=1S/C25H25FN4O2S/c1-28(2)18-9-10-29(15-18)23-7-4-17(14-27-23)30-11-8-16-12-22(33-24(16)25(30)31)20-6-5-19(32-3)13-21(20)26/h4-8,11-14,18H,9-10,15H2,1-3H3. The van der Waals surface area contributed by atoms with E-state index in [0.29, 0.717) is 32.6 Å². The molecular formula is C25H25FN4O2S. The summed E-state index contributed by atoms with van der Waals surface area (Å²) >= 11 is 1.29. The number of rotatable bonds is 5. The van der Waals surface area contributed by atoms with Crippen LogP contribution in [-0.4, -0.2) is 54.8 Å². The maximum atomic E-state index is 14.6. The lowest BCUT2D eigenvalue weighted by Gasteiger charge is -2.21. The van der Waals surface area contributed by atoms with Crippen LogP contribution in [-0.2, 0) is 0 Å². The second kappa shape index (κ2) is 8.61. The van der Waals surface area contributed by atoms with E-state index in [-0.39, 0.29) is 11.4 Å². The fraction of sp³-hybridized carbons (Fsp3) is 0.280. The van der Waals surface area contributed by atoms with Gasteiger partial charge in [-0.15, -0.1) is 11.3 Å². The van der Waals surface area contributed by atoms with Crippen LogP contribution in [0.1, 0.15) is 6.42 Å². The van der Waals surface area contributed by atoms with Crippen molar-refractivity contribution in [3.63, 3.8) is 0 Å². The molecule has 0 spiro atoms. The first kappa shape index (κ1) is 21.6. The number of aromatic nitrogens is 2. The molecule has 3 aromatic heterocycles. The average Bonchev–Trinajstić information content (AvgIpc) is 3.48. The second-order valence-corrected chi connectivity index (χ2v) is 9.51. The highest BCUT2D eigenvalue weighted by atomic mass is 32.1. The number of anilines is 1. The first-order valence-corrected chi connectivity index (χ1v) is 11.6. The van der Waals surface area contributed by atoms with E-state index in [0.717, 1.165) is 30.7 Å². The predicted molar refractivity (Wildman–Crippen MR) is 131 cm³/mol. The van der Waals surface area contributed by atoms with Crippen LogP contribution in [0.3, 0.4) is 0 Å². The molecule has 5 rings (SSSR count). The topological polar surface area (TPSA) is 50.6 Å². The van der Waals surface area contributed by atoms with E-state index in [1.807, 2.05) is 24.3 Å². The summed E-state index contributed by atoms with van der Waals surface area (Å²) in [5.74, 6) is 1.01. The van der Waals surface area contributed by atoms with E-state index in [9.17, 15) is 9.18 Å². The van der Waals surface area contributed by atoms with Crippen molar-refractivity contribution < 1.29 is 9.13 Å². The van der Waals surface area contributed by atoms with Crippen LogP contribution in [0.15, 0.2) is 59.7 Å². The quantitative estimate of drug-likeness (QED) is 0.438. The van der Waals surface area contributed by atoms with Gasteiger partial charge in [0.1, 0.15) is 22.1 Å². The van der Waals surface area contributed by atoms with E-state index in [4.69, 9.17) is 4.74 Å². The summed E-state index contributed by atoms with van der Waals surface area (Å²) in [7, 11) is 5.71.